The SMILES string of the molecule is COc1ccc(S(=O)O)cc1C(C)C. The van der Waals surface area contributed by atoms with E-state index in [0.29, 0.717) is 4.90 Å². The normalized spacial score (nSPS) is 12.9. The smallest absolute Gasteiger partial charge is 0.186 e. The van der Waals surface area contributed by atoms with Gasteiger partial charge in [-0.15, -0.1) is 0 Å². The predicted octanol–water partition coefficient (Wildman–Crippen LogP) is 2.40. The van der Waals surface area contributed by atoms with Crippen LogP contribution < -0.4 is 4.74 Å². The van der Waals surface area contributed by atoms with Crippen molar-refractivity contribution >= 4 is 11.1 Å². The van der Waals surface area contributed by atoms with E-state index in [9.17, 15) is 4.21 Å². The van der Waals surface area contributed by atoms with Crippen LogP contribution in [0.3, 0.4) is 0 Å². The molecule has 1 rings (SSSR count). The summed E-state index contributed by atoms with van der Waals surface area (Å²) >= 11 is -1.92. The van der Waals surface area contributed by atoms with Crippen molar-refractivity contribution < 1.29 is 13.5 Å². The molecular weight excluding hydrogens is 200 g/mol. The molecule has 0 amide bonds. The van der Waals surface area contributed by atoms with Crippen molar-refractivity contribution in [3.63, 3.8) is 0 Å². The van der Waals surface area contributed by atoms with Gasteiger partial charge in [0.25, 0.3) is 0 Å². The fraction of sp³-hybridized carbons (Fsp3) is 0.400. The zero-order chi connectivity index (χ0) is 10.7. The van der Waals surface area contributed by atoms with E-state index >= 15 is 0 Å². The third kappa shape index (κ3) is 2.33. The number of hydrogen-bond donors (Lipinski definition) is 1. The highest BCUT2D eigenvalue weighted by Gasteiger charge is 2.10. The first-order valence-electron chi connectivity index (χ1n) is 4.35. The van der Waals surface area contributed by atoms with Gasteiger partial charge in [0, 0.05) is 0 Å². The van der Waals surface area contributed by atoms with Crippen LogP contribution in [0.1, 0.15) is 25.3 Å². The van der Waals surface area contributed by atoms with Crippen LogP contribution in [-0.4, -0.2) is 15.9 Å². The van der Waals surface area contributed by atoms with Gasteiger partial charge < -0.3 is 9.29 Å². The van der Waals surface area contributed by atoms with Crippen LogP contribution in [-0.2, 0) is 11.1 Å². The molecule has 0 aliphatic rings. The van der Waals surface area contributed by atoms with Crippen molar-refractivity contribution in [2.75, 3.05) is 7.11 Å². The standard InChI is InChI=1S/C10H14O3S/c1-7(2)9-6-8(14(11)12)4-5-10(9)13-3/h4-7H,1-3H3,(H,11,12). The van der Waals surface area contributed by atoms with Gasteiger partial charge in [0.1, 0.15) is 5.75 Å². The van der Waals surface area contributed by atoms with E-state index in [0.717, 1.165) is 11.3 Å². The summed E-state index contributed by atoms with van der Waals surface area (Å²) in [6.45, 7) is 4.03. The first-order chi connectivity index (χ1) is 6.56. The topological polar surface area (TPSA) is 46.5 Å². The molecule has 0 saturated carbocycles. The average molecular weight is 214 g/mol. The second-order valence-electron chi connectivity index (χ2n) is 3.31. The van der Waals surface area contributed by atoms with Crippen LogP contribution in [0.5, 0.6) is 5.75 Å². The first-order valence-corrected chi connectivity index (χ1v) is 5.45. The lowest BCUT2D eigenvalue weighted by atomic mass is 10.0. The molecule has 4 heteroatoms. The Morgan fingerprint density at radius 2 is 2.07 bits per heavy atom. The maximum Gasteiger partial charge on any atom is 0.186 e. The maximum absolute atomic E-state index is 10.8. The van der Waals surface area contributed by atoms with Crippen LogP contribution in [0.15, 0.2) is 23.1 Å². The van der Waals surface area contributed by atoms with Gasteiger partial charge in [-0.2, -0.15) is 0 Å². The summed E-state index contributed by atoms with van der Waals surface area (Å²) < 4.78 is 24.9. The molecule has 1 aromatic rings. The monoisotopic (exact) mass is 214 g/mol. The average Bonchev–Trinajstić information content (AvgIpc) is 2.16. The molecule has 1 aromatic carbocycles. The van der Waals surface area contributed by atoms with E-state index < -0.39 is 11.1 Å². The van der Waals surface area contributed by atoms with Gasteiger partial charge in [0.05, 0.1) is 12.0 Å². The van der Waals surface area contributed by atoms with E-state index in [1.54, 1.807) is 25.3 Å². The molecule has 0 spiro atoms. The Morgan fingerprint density at radius 3 is 2.50 bits per heavy atom. The van der Waals surface area contributed by atoms with Gasteiger partial charge in [-0.1, -0.05) is 13.8 Å². The van der Waals surface area contributed by atoms with Crippen LogP contribution in [0.25, 0.3) is 0 Å². The highest BCUT2D eigenvalue weighted by Crippen LogP contribution is 2.27. The van der Waals surface area contributed by atoms with Crippen LogP contribution >= 0.6 is 0 Å². The van der Waals surface area contributed by atoms with E-state index in [1.165, 1.54) is 0 Å². The summed E-state index contributed by atoms with van der Waals surface area (Å²) in [5.74, 6) is 1.03. The van der Waals surface area contributed by atoms with Crippen molar-refractivity contribution in [1.82, 2.24) is 0 Å². The third-order valence-corrected chi connectivity index (χ3v) is 2.68. The van der Waals surface area contributed by atoms with E-state index in [2.05, 4.69) is 0 Å². The molecule has 0 aliphatic heterocycles. The van der Waals surface area contributed by atoms with E-state index in [-0.39, 0.29) is 5.92 Å². The van der Waals surface area contributed by atoms with Crippen molar-refractivity contribution in [1.29, 1.82) is 0 Å². The Kier molecular flexibility index (Phi) is 3.66. The van der Waals surface area contributed by atoms with Gasteiger partial charge in [-0.05, 0) is 29.7 Å². The molecule has 0 heterocycles. The maximum atomic E-state index is 10.8. The van der Waals surface area contributed by atoms with Gasteiger partial charge >= 0.3 is 0 Å². The highest BCUT2D eigenvalue weighted by molar-refractivity contribution is 7.79. The molecule has 0 aromatic heterocycles. The number of hydrogen-bond acceptors (Lipinski definition) is 2. The predicted molar refractivity (Wildman–Crippen MR) is 56.1 cm³/mol. The highest BCUT2D eigenvalue weighted by atomic mass is 32.2. The Balaban J connectivity index is 3.20. The summed E-state index contributed by atoms with van der Waals surface area (Å²) in [4.78, 5) is 0.412. The molecular formula is C10H14O3S. The minimum Gasteiger partial charge on any atom is -0.496 e. The molecule has 0 aliphatic carbocycles. The third-order valence-electron chi connectivity index (χ3n) is 2.02. The lowest BCUT2D eigenvalue weighted by Gasteiger charge is -2.12. The summed E-state index contributed by atoms with van der Waals surface area (Å²) in [5, 5.41) is 0. The molecule has 0 fully saturated rings. The van der Waals surface area contributed by atoms with Gasteiger partial charge in [0.15, 0.2) is 11.1 Å². The molecule has 1 atom stereocenters. The van der Waals surface area contributed by atoms with E-state index in [1.807, 2.05) is 13.8 Å². The van der Waals surface area contributed by atoms with E-state index in [4.69, 9.17) is 9.29 Å². The molecule has 1 unspecified atom stereocenters. The number of methoxy groups -OCH3 is 1. The Labute approximate surface area is 86.4 Å². The largest absolute Gasteiger partial charge is 0.496 e. The van der Waals surface area contributed by atoms with Crippen molar-refractivity contribution in [3.8, 4) is 5.75 Å². The zero-order valence-corrected chi connectivity index (χ0v) is 9.30. The first kappa shape index (κ1) is 11.2. The Bertz CT molecular complexity index is 347. The molecule has 0 saturated heterocycles. The van der Waals surface area contributed by atoms with Gasteiger partial charge in [-0.3, -0.25) is 0 Å². The summed E-state index contributed by atoms with van der Waals surface area (Å²) in [7, 11) is 1.59. The van der Waals surface area contributed by atoms with Crippen LogP contribution in [0.4, 0.5) is 0 Å². The lowest BCUT2D eigenvalue weighted by Crippen LogP contribution is -1.97. The van der Waals surface area contributed by atoms with Gasteiger partial charge in [-0.25, -0.2) is 4.21 Å². The molecule has 14 heavy (non-hydrogen) atoms. The quantitative estimate of drug-likeness (QED) is 0.786. The summed E-state index contributed by atoms with van der Waals surface area (Å²) in [6.07, 6.45) is 0. The molecule has 0 bridgehead atoms. The molecule has 78 valence electrons. The number of ether oxygens (including phenoxy) is 1. The second kappa shape index (κ2) is 4.57. The lowest BCUT2D eigenvalue weighted by molar-refractivity contribution is 0.407. The molecule has 1 N–H and O–H groups in total. The minimum absolute atomic E-state index is 0.272. The van der Waals surface area contributed by atoms with Crippen molar-refractivity contribution in [2.24, 2.45) is 0 Å². The zero-order valence-electron chi connectivity index (χ0n) is 8.48. The van der Waals surface area contributed by atoms with Gasteiger partial charge in [0.2, 0.25) is 0 Å². The molecule has 3 nitrogen and oxygen atoms in total. The summed E-state index contributed by atoms with van der Waals surface area (Å²) in [6, 6.07) is 5.03. The fourth-order valence-electron chi connectivity index (χ4n) is 1.27. The Morgan fingerprint density at radius 1 is 1.43 bits per heavy atom. The number of benzene rings is 1. The van der Waals surface area contributed by atoms with Crippen LogP contribution in [0, 0.1) is 0 Å². The minimum atomic E-state index is -1.92. The van der Waals surface area contributed by atoms with Crippen LogP contribution in [0.2, 0.25) is 0 Å². The second-order valence-corrected chi connectivity index (χ2v) is 4.28. The fourth-order valence-corrected chi connectivity index (χ4v) is 1.68. The van der Waals surface area contributed by atoms with Crippen molar-refractivity contribution in [3.05, 3.63) is 23.8 Å². The van der Waals surface area contributed by atoms with Crippen molar-refractivity contribution in [2.45, 2.75) is 24.7 Å². The number of rotatable bonds is 3. The Hall–Kier alpha value is -0.870. The molecule has 0 radical (unpaired) electrons. The summed E-state index contributed by atoms with van der Waals surface area (Å²) in [5.41, 5.74) is 0.951.